The number of likely N-dealkylation sites (N-methyl/N-ethyl adjacent to an activating group) is 1. The summed E-state index contributed by atoms with van der Waals surface area (Å²) in [5.41, 5.74) is 4.57. The van der Waals surface area contributed by atoms with Gasteiger partial charge in [-0.15, -0.1) is 0 Å². The Labute approximate surface area is 177 Å². The first-order chi connectivity index (χ1) is 14.6. The molecule has 1 aliphatic rings. The van der Waals surface area contributed by atoms with Gasteiger partial charge in [-0.3, -0.25) is 14.6 Å². The van der Waals surface area contributed by atoms with Crippen LogP contribution in [0.2, 0.25) is 0 Å². The van der Waals surface area contributed by atoms with Crippen LogP contribution >= 0.6 is 0 Å². The van der Waals surface area contributed by atoms with Crippen LogP contribution in [0.5, 0.6) is 0 Å². The average Bonchev–Trinajstić information content (AvgIpc) is 3.47. The van der Waals surface area contributed by atoms with Crippen LogP contribution < -0.4 is 4.90 Å². The van der Waals surface area contributed by atoms with Gasteiger partial charge in [0.1, 0.15) is 11.7 Å². The van der Waals surface area contributed by atoms with Crippen molar-refractivity contribution in [1.29, 1.82) is 0 Å². The van der Waals surface area contributed by atoms with E-state index in [0.29, 0.717) is 18.3 Å². The van der Waals surface area contributed by atoms with Gasteiger partial charge in [-0.1, -0.05) is 30.3 Å². The Bertz CT molecular complexity index is 992. The summed E-state index contributed by atoms with van der Waals surface area (Å²) < 4.78 is 1.69. The van der Waals surface area contributed by atoms with E-state index in [-0.39, 0.29) is 5.91 Å². The van der Waals surface area contributed by atoms with Crippen LogP contribution in [0.4, 0.5) is 0 Å². The standard InChI is InChI=1S/C23H30N6O/c1-4-28-12-8-11-20(28)16-29(23(30)21-13-17(2)26-27(21)3)15-19-14-24-25-22(19)18-9-6-5-7-10-18/h5-7,9-10,13-14,20H,4,8,11-12,15-16H2,1-3H3,(H,24,25)/p+1/t20-/m0/s1. The quantitative estimate of drug-likeness (QED) is 0.628. The van der Waals surface area contributed by atoms with E-state index in [9.17, 15) is 4.79 Å². The number of carbonyl (C=O) groups is 1. The molecule has 7 heteroatoms. The maximum atomic E-state index is 13.6. The highest BCUT2D eigenvalue weighted by Crippen LogP contribution is 2.23. The Morgan fingerprint density at radius 3 is 2.83 bits per heavy atom. The first-order valence-corrected chi connectivity index (χ1v) is 10.8. The zero-order chi connectivity index (χ0) is 21.1. The van der Waals surface area contributed by atoms with E-state index in [1.54, 1.807) is 9.58 Å². The number of nitrogens with zero attached hydrogens (tertiary/aromatic N) is 4. The van der Waals surface area contributed by atoms with Gasteiger partial charge >= 0.3 is 0 Å². The monoisotopic (exact) mass is 407 g/mol. The molecule has 3 heterocycles. The van der Waals surface area contributed by atoms with Crippen molar-refractivity contribution in [2.45, 2.75) is 39.3 Å². The number of aromatic nitrogens is 4. The lowest BCUT2D eigenvalue weighted by Gasteiger charge is -2.28. The molecule has 158 valence electrons. The van der Waals surface area contributed by atoms with Crippen molar-refractivity contribution >= 4 is 5.91 Å². The number of amides is 1. The van der Waals surface area contributed by atoms with Gasteiger partial charge in [-0.2, -0.15) is 10.2 Å². The Kier molecular flexibility index (Phi) is 5.99. The summed E-state index contributed by atoms with van der Waals surface area (Å²) >= 11 is 0. The zero-order valence-corrected chi connectivity index (χ0v) is 18.1. The van der Waals surface area contributed by atoms with Crippen molar-refractivity contribution < 1.29 is 9.69 Å². The molecule has 1 amide bonds. The number of benzene rings is 1. The maximum absolute atomic E-state index is 13.6. The molecule has 7 nitrogen and oxygen atoms in total. The minimum Gasteiger partial charge on any atom is -0.331 e. The number of H-pyrrole nitrogens is 1. The summed E-state index contributed by atoms with van der Waals surface area (Å²) in [6, 6.07) is 12.5. The van der Waals surface area contributed by atoms with Crippen molar-refractivity contribution in [3.63, 3.8) is 0 Å². The highest BCUT2D eigenvalue weighted by molar-refractivity contribution is 5.92. The lowest BCUT2D eigenvalue weighted by atomic mass is 10.1. The van der Waals surface area contributed by atoms with E-state index in [2.05, 4.69) is 34.4 Å². The summed E-state index contributed by atoms with van der Waals surface area (Å²) in [5.74, 6) is 0.0284. The minimum absolute atomic E-state index is 0.0284. The van der Waals surface area contributed by atoms with Crippen molar-refractivity contribution in [3.05, 3.63) is 59.5 Å². The molecule has 3 aromatic rings. The van der Waals surface area contributed by atoms with Crippen LogP contribution in [-0.2, 0) is 13.6 Å². The average molecular weight is 408 g/mol. The number of hydrogen-bond donors (Lipinski definition) is 2. The topological polar surface area (TPSA) is 71.2 Å². The van der Waals surface area contributed by atoms with Gasteiger partial charge in [0.25, 0.3) is 5.91 Å². The molecule has 1 saturated heterocycles. The van der Waals surface area contributed by atoms with E-state index >= 15 is 0 Å². The number of carbonyl (C=O) groups excluding carboxylic acids is 1. The Morgan fingerprint density at radius 1 is 1.33 bits per heavy atom. The first kappa shape index (κ1) is 20.3. The SMILES string of the molecule is CC[NH+]1CCC[C@H]1CN(Cc1cn[nH]c1-c1ccccc1)C(=O)c1cc(C)nn1C. The zero-order valence-electron chi connectivity index (χ0n) is 18.1. The molecule has 0 bridgehead atoms. The smallest absolute Gasteiger partial charge is 0.272 e. The van der Waals surface area contributed by atoms with Crippen molar-refractivity contribution in [1.82, 2.24) is 24.9 Å². The summed E-state index contributed by atoms with van der Waals surface area (Å²) in [6.07, 6.45) is 4.23. The number of likely N-dealkylation sites (tertiary alicyclic amines) is 1. The van der Waals surface area contributed by atoms with Gasteiger partial charge in [0.15, 0.2) is 0 Å². The van der Waals surface area contributed by atoms with Crippen LogP contribution in [0.15, 0.2) is 42.6 Å². The van der Waals surface area contributed by atoms with E-state index in [4.69, 9.17) is 0 Å². The summed E-state index contributed by atoms with van der Waals surface area (Å²) in [5, 5.41) is 11.8. The molecular weight excluding hydrogens is 376 g/mol. The molecule has 1 aromatic carbocycles. The molecule has 1 aliphatic heterocycles. The second-order valence-corrected chi connectivity index (χ2v) is 8.22. The summed E-state index contributed by atoms with van der Waals surface area (Å²) in [7, 11) is 1.84. The molecule has 0 saturated carbocycles. The van der Waals surface area contributed by atoms with Crippen LogP contribution in [0.3, 0.4) is 0 Å². The molecule has 1 unspecified atom stereocenters. The molecule has 1 fully saturated rings. The van der Waals surface area contributed by atoms with E-state index in [1.165, 1.54) is 13.0 Å². The molecule has 4 rings (SSSR count). The second-order valence-electron chi connectivity index (χ2n) is 8.22. The van der Waals surface area contributed by atoms with Gasteiger partial charge in [-0.25, -0.2) is 0 Å². The fourth-order valence-corrected chi connectivity index (χ4v) is 4.62. The highest BCUT2D eigenvalue weighted by Gasteiger charge is 2.32. The number of rotatable bonds is 7. The van der Waals surface area contributed by atoms with Crippen LogP contribution in [-0.4, -0.2) is 56.5 Å². The van der Waals surface area contributed by atoms with Crippen molar-refractivity contribution in [3.8, 4) is 11.3 Å². The van der Waals surface area contributed by atoms with Gasteiger partial charge in [0, 0.05) is 25.5 Å². The lowest BCUT2D eigenvalue weighted by Crippen LogP contribution is -3.14. The highest BCUT2D eigenvalue weighted by atomic mass is 16.2. The van der Waals surface area contributed by atoms with E-state index in [0.717, 1.165) is 42.0 Å². The first-order valence-electron chi connectivity index (χ1n) is 10.8. The van der Waals surface area contributed by atoms with Crippen LogP contribution in [0, 0.1) is 6.92 Å². The fraction of sp³-hybridized carbons (Fsp3) is 0.435. The summed E-state index contributed by atoms with van der Waals surface area (Å²) in [4.78, 5) is 17.1. The Balaban J connectivity index is 1.63. The predicted octanol–water partition coefficient (Wildman–Crippen LogP) is 1.83. The maximum Gasteiger partial charge on any atom is 0.272 e. The lowest BCUT2D eigenvalue weighted by molar-refractivity contribution is -0.909. The second kappa shape index (κ2) is 8.83. The van der Waals surface area contributed by atoms with Gasteiger partial charge in [-0.05, 0) is 25.5 Å². The Hall–Kier alpha value is -2.93. The Morgan fingerprint density at radius 2 is 2.13 bits per heavy atom. The molecule has 2 atom stereocenters. The number of aromatic amines is 1. The third-order valence-corrected chi connectivity index (χ3v) is 6.17. The van der Waals surface area contributed by atoms with Gasteiger partial charge < -0.3 is 9.80 Å². The normalized spacial score (nSPS) is 18.6. The van der Waals surface area contributed by atoms with E-state index in [1.807, 2.05) is 49.3 Å². The molecule has 30 heavy (non-hydrogen) atoms. The molecule has 0 radical (unpaired) electrons. The fourth-order valence-electron chi connectivity index (χ4n) is 4.62. The molecule has 2 N–H and O–H groups in total. The van der Waals surface area contributed by atoms with Gasteiger partial charge in [0.05, 0.1) is 43.8 Å². The number of quaternary nitrogens is 1. The van der Waals surface area contributed by atoms with Crippen LogP contribution in [0.1, 0.15) is 41.5 Å². The number of aryl methyl sites for hydroxylation is 2. The molecule has 0 aliphatic carbocycles. The predicted molar refractivity (Wildman–Crippen MR) is 116 cm³/mol. The van der Waals surface area contributed by atoms with Crippen molar-refractivity contribution in [2.75, 3.05) is 19.6 Å². The van der Waals surface area contributed by atoms with Crippen molar-refractivity contribution in [2.24, 2.45) is 7.05 Å². The minimum atomic E-state index is 0.0284. The third-order valence-electron chi connectivity index (χ3n) is 6.17. The van der Waals surface area contributed by atoms with Crippen LogP contribution in [0.25, 0.3) is 11.3 Å². The molecular formula is C23H31N6O+. The molecule has 0 spiro atoms. The number of nitrogens with one attached hydrogen (secondary N) is 2. The number of hydrogen-bond acceptors (Lipinski definition) is 3. The third kappa shape index (κ3) is 4.16. The van der Waals surface area contributed by atoms with Gasteiger partial charge in [0.2, 0.25) is 0 Å². The van der Waals surface area contributed by atoms with E-state index < -0.39 is 0 Å². The molecule has 2 aromatic heterocycles. The summed E-state index contributed by atoms with van der Waals surface area (Å²) in [6.45, 7) is 7.70. The largest absolute Gasteiger partial charge is 0.331 e.